The molecule has 7 heteroatoms. The van der Waals surface area contributed by atoms with Crippen molar-refractivity contribution in [1.82, 2.24) is 9.47 Å². The van der Waals surface area contributed by atoms with Crippen molar-refractivity contribution >= 4 is 27.5 Å². The van der Waals surface area contributed by atoms with Gasteiger partial charge in [0.2, 0.25) is 0 Å². The molecule has 2 aliphatic heterocycles. The summed E-state index contributed by atoms with van der Waals surface area (Å²) in [5.41, 5.74) is 3.20. The number of carbonyl (C=O) groups excluding carboxylic acids is 1. The lowest BCUT2D eigenvalue weighted by Crippen LogP contribution is -2.51. The van der Waals surface area contributed by atoms with E-state index in [0.717, 1.165) is 30.0 Å². The summed E-state index contributed by atoms with van der Waals surface area (Å²) in [4.78, 5) is 14.6. The SMILES string of the molecule is COc1ccc2c(c1)NC1(CCN(C(=O)c3ccc(Br)o3)CC1)c1cccn1-2. The Morgan fingerprint density at radius 1 is 1.21 bits per heavy atom. The molecule has 0 radical (unpaired) electrons. The number of anilines is 1. The molecule has 0 bridgehead atoms. The molecule has 144 valence electrons. The molecule has 3 aromatic rings. The molecule has 28 heavy (non-hydrogen) atoms. The number of nitrogens with zero attached hydrogens (tertiary/aromatic N) is 2. The summed E-state index contributed by atoms with van der Waals surface area (Å²) in [5.74, 6) is 1.14. The fourth-order valence-electron chi connectivity index (χ4n) is 4.31. The predicted octanol–water partition coefficient (Wildman–Crippen LogP) is 4.40. The average Bonchev–Trinajstić information content (AvgIpc) is 3.38. The first kappa shape index (κ1) is 17.4. The van der Waals surface area contributed by atoms with Crippen LogP contribution in [0, 0.1) is 0 Å². The Kier molecular flexibility index (Phi) is 4.01. The number of hydrogen-bond acceptors (Lipinski definition) is 4. The van der Waals surface area contributed by atoms with Crippen molar-refractivity contribution < 1.29 is 13.9 Å². The first-order valence-corrected chi connectivity index (χ1v) is 10.1. The van der Waals surface area contributed by atoms with Crippen LogP contribution in [0.2, 0.25) is 0 Å². The second kappa shape index (κ2) is 6.44. The maximum Gasteiger partial charge on any atom is 0.289 e. The molecule has 1 fully saturated rings. The highest BCUT2D eigenvalue weighted by atomic mass is 79.9. The van der Waals surface area contributed by atoms with Crippen LogP contribution < -0.4 is 10.1 Å². The monoisotopic (exact) mass is 441 g/mol. The molecule has 0 saturated carbocycles. The van der Waals surface area contributed by atoms with Crippen molar-refractivity contribution in [3.05, 3.63) is 64.8 Å². The van der Waals surface area contributed by atoms with Crippen LogP contribution >= 0.6 is 15.9 Å². The standard InChI is InChI=1S/C21H20BrN3O3/c1-27-14-4-5-16-15(13-14)23-21(18-3-2-10-25(16)18)8-11-24(12-9-21)20(26)17-6-7-19(22)28-17/h2-7,10,13,23H,8-9,11-12H2,1H3. The highest BCUT2D eigenvalue weighted by Gasteiger charge is 2.42. The Balaban J connectivity index is 1.43. The lowest BCUT2D eigenvalue weighted by atomic mass is 9.82. The molecular weight excluding hydrogens is 422 g/mol. The number of carbonyl (C=O) groups is 1. The highest BCUT2D eigenvalue weighted by Crippen LogP contribution is 2.44. The van der Waals surface area contributed by atoms with Gasteiger partial charge < -0.3 is 23.9 Å². The number of piperidine rings is 1. The van der Waals surface area contributed by atoms with Crippen molar-refractivity contribution in [1.29, 1.82) is 0 Å². The zero-order valence-electron chi connectivity index (χ0n) is 15.4. The molecule has 5 rings (SSSR count). The highest BCUT2D eigenvalue weighted by molar-refractivity contribution is 9.10. The number of ether oxygens (including phenoxy) is 1. The number of fused-ring (bicyclic) bond motifs is 4. The summed E-state index contributed by atoms with van der Waals surface area (Å²) in [7, 11) is 1.68. The third-order valence-corrected chi connectivity index (χ3v) is 6.19. The van der Waals surface area contributed by atoms with Gasteiger partial charge in [-0.05, 0) is 65.2 Å². The minimum absolute atomic E-state index is 0.0613. The predicted molar refractivity (Wildman–Crippen MR) is 109 cm³/mol. The van der Waals surface area contributed by atoms with Gasteiger partial charge >= 0.3 is 0 Å². The number of aromatic nitrogens is 1. The Morgan fingerprint density at radius 2 is 2.04 bits per heavy atom. The Bertz CT molecular complexity index is 1050. The molecule has 2 aliphatic rings. The lowest BCUT2D eigenvalue weighted by Gasteiger charge is -2.46. The van der Waals surface area contributed by atoms with Gasteiger partial charge in [0.05, 0.1) is 24.0 Å². The molecule has 0 aliphatic carbocycles. The third-order valence-electron chi connectivity index (χ3n) is 5.76. The van der Waals surface area contributed by atoms with E-state index < -0.39 is 0 Å². The van der Waals surface area contributed by atoms with E-state index in [1.165, 1.54) is 5.69 Å². The number of benzene rings is 1. The largest absolute Gasteiger partial charge is 0.497 e. The van der Waals surface area contributed by atoms with Gasteiger partial charge in [-0.3, -0.25) is 4.79 Å². The van der Waals surface area contributed by atoms with Gasteiger partial charge in [0.15, 0.2) is 10.4 Å². The smallest absolute Gasteiger partial charge is 0.289 e. The molecule has 0 unspecified atom stereocenters. The zero-order chi connectivity index (χ0) is 19.3. The third kappa shape index (κ3) is 2.64. The first-order chi connectivity index (χ1) is 13.6. The molecular formula is C21H20BrN3O3. The van der Waals surface area contributed by atoms with Crippen LogP contribution in [-0.2, 0) is 5.54 Å². The number of rotatable bonds is 2. The van der Waals surface area contributed by atoms with Crippen molar-refractivity contribution in [2.45, 2.75) is 18.4 Å². The molecule has 1 amide bonds. The van der Waals surface area contributed by atoms with Gasteiger partial charge in [-0.1, -0.05) is 0 Å². The number of methoxy groups -OCH3 is 1. The summed E-state index contributed by atoms with van der Waals surface area (Å²) in [6.45, 7) is 1.32. The van der Waals surface area contributed by atoms with Gasteiger partial charge in [-0.15, -0.1) is 0 Å². The molecule has 1 spiro atoms. The number of nitrogens with one attached hydrogen (secondary N) is 1. The number of amides is 1. The second-order valence-corrected chi connectivity index (χ2v) is 8.03. The summed E-state index contributed by atoms with van der Waals surface area (Å²) < 4.78 is 13.7. The summed E-state index contributed by atoms with van der Waals surface area (Å²) >= 11 is 3.26. The Labute approximate surface area is 171 Å². The molecule has 1 saturated heterocycles. The minimum Gasteiger partial charge on any atom is -0.497 e. The van der Waals surface area contributed by atoms with Crippen molar-refractivity contribution in [2.24, 2.45) is 0 Å². The molecule has 1 N–H and O–H groups in total. The van der Waals surface area contributed by atoms with E-state index >= 15 is 0 Å². The van der Waals surface area contributed by atoms with Gasteiger partial charge in [-0.25, -0.2) is 0 Å². The van der Waals surface area contributed by atoms with Crippen LogP contribution in [0.1, 0.15) is 29.1 Å². The second-order valence-electron chi connectivity index (χ2n) is 7.25. The lowest BCUT2D eigenvalue weighted by molar-refractivity contribution is 0.0643. The summed E-state index contributed by atoms with van der Waals surface area (Å²) in [6, 6.07) is 13.8. The van der Waals surface area contributed by atoms with E-state index in [2.05, 4.69) is 50.2 Å². The minimum atomic E-state index is -0.205. The van der Waals surface area contributed by atoms with Crippen molar-refractivity contribution in [3.63, 3.8) is 0 Å². The van der Waals surface area contributed by atoms with Crippen LogP contribution in [0.3, 0.4) is 0 Å². The average molecular weight is 442 g/mol. The fraction of sp³-hybridized carbons (Fsp3) is 0.286. The summed E-state index contributed by atoms with van der Waals surface area (Å²) in [5, 5.41) is 3.76. The van der Waals surface area contributed by atoms with E-state index in [1.54, 1.807) is 19.2 Å². The number of likely N-dealkylation sites (tertiary alicyclic amines) is 1. The van der Waals surface area contributed by atoms with E-state index in [4.69, 9.17) is 9.15 Å². The van der Waals surface area contributed by atoms with Gasteiger partial charge in [-0.2, -0.15) is 0 Å². The topological polar surface area (TPSA) is 59.6 Å². The Morgan fingerprint density at radius 3 is 2.75 bits per heavy atom. The van der Waals surface area contributed by atoms with Crippen LogP contribution in [0.4, 0.5) is 5.69 Å². The van der Waals surface area contributed by atoms with Crippen molar-refractivity contribution in [2.75, 3.05) is 25.5 Å². The van der Waals surface area contributed by atoms with Crippen LogP contribution in [0.5, 0.6) is 5.75 Å². The van der Waals surface area contributed by atoms with E-state index in [-0.39, 0.29) is 11.4 Å². The molecule has 6 nitrogen and oxygen atoms in total. The van der Waals surface area contributed by atoms with Gasteiger partial charge in [0.1, 0.15) is 5.75 Å². The maximum absolute atomic E-state index is 12.7. The quantitative estimate of drug-likeness (QED) is 0.640. The van der Waals surface area contributed by atoms with E-state index in [0.29, 0.717) is 23.5 Å². The van der Waals surface area contributed by atoms with E-state index in [1.807, 2.05) is 17.0 Å². The normalized spacial score (nSPS) is 17.0. The van der Waals surface area contributed by atoms with Crippen LogP contribution in [0.25, 0.3) is 5.69 Å². The van der Waals surface area contributed by atoms with E-state index in [9.17, 15) is 4.79 Å². The van der Waals surface area contributed by atoms with Gasteiger partial charge in [0.25, 0.3) is 5.91 Å². The molecule has 4 heterocycles. The molecule has 2 aromatic heterocycles. The maximum atomic E-state index is 12.7. The number of halogens is 1. The van der Waals surface area contributed by atoms with Crippen LogP contribution in [-0.4, -0.2) is 35.6 Å². The van der Waals surface area contributed by atoms with Crippen LogP contribution in [0.15, 0.2) is 57.7 Å². The zero-order valence-corrected chi connectivity index (χ0v) is 17.0. The molecule has 1 aromatic carbocycles. The first-order valence-electron chi connectivity index (χ1n) is 9.29. The fourth-order valence-corrected chi connectivity index (χ4v) is 4.62. The Hall–Kier alpha value is -2.67. The molecule has 0 atom stereocenters. The summed E-state index contributed by atoms with van der Waals surface area (Å²) in [6.07, 6.45) is 3.74. The number of hydrogen-bond donors (Lipinski definition) is 1. The number of furan rings is 1. The van der Waals surface area contributed by atoms with Gasteiger partial charge in [0, 0.05) is 31.0 Å². The van der Waals surface area contributed by atoms with Crippen molar-refractivity contribution in [3.8, 4) is 11.4 Å².